The molecule has 5 nitrogen and oxygen atoms in total. The molecule has 0 atom stereocenters. The summed E-state index contributed by atoms with van der Waals surface area (Å²) in [4.78, 5) is 8.93. The summed E-state index contributed by atoms with van der Waals surface area (Å²) in [6.07, 6.45) is 4.68. The van der Waals surface area contributed by atoms with Crippen LogP contribution in [0.1, 0.15) is 32.5 Å². The molecule has 0 radical (unpaired) electrons. The molecular formula is C12H16BrN5. The van der Waals surface area contributed by atoms with E-state index >= 15 is 0 Å². The standard InChI is InChI=1S/C12H16BrN5/c1-3-5-12-15-9(7-11(13)16-12)10-8-14-17-18(10)6-4-2/h7-8H,3-6H2,1-2H3. The van der Waals surface area contributed by atoms with E-state index in [-0.39, 0.29) is 0 Å². The second-order valence-electron chi connectivity index (χ2n) is 4.08. The monoisotopic (exact) mass is 309 g/mol. The second kappa shape index (κ2) is 6.04. The predicted molar refractivity (Wildman–Crippen MR) is 73.0 cm³/mol. The van der Waals surface area contributed by atoms with E-state index in [0.29, 0.717) is 0 Å². The van der Waals surface area contributed by atoms with Gasteiger partial charge in [0.2, 0.25) is 0 Å². The lowest BCUT2D eigenvalue weighted by molar-refractivity contribution is 0.583. The van der Waals surface area contributed by atoms with Crippen molar-refractivity contribution in [2.75, 3.05) is 0 Å². The van der Waals surface area contributed by atoms with Gasteiger partial charge in [0.15, 0.2) is 0 Å². The zero-order valence-corrected chi connectivity index (χ0v) is 12.2. The van der Waals surface area contributed by atoms with Crippen molar-refractivity contribution in [3.8, 4) is 11.4 Å². The smallest absolute Gasteiger partial charge is 0.130 e. The fourth-order valence-corrected chi connectivity index (χ4v) is 2.19. The number of aromatic nitrogens is 5. The van der Waals surface area contributed by atoms with Crippen molar-refractivity contribution in [3.63, 3.8) is 0 Å². The highest BCUT2D eigenvalue weighted by atomic mass is 79.9. The Labute approximate surface area is 115 Å². The Morgan fingerprint density at radius 1 is 1.22 bits per heavy atom. The van der Waals surface area contributed by atoms with Crippen LogP contribution in [-0.2, 0) is 13.0 Å². The molecular weight excluding hydrogens is 294 g/mol. The largest absolute Gasteiger partial charge is 0.243 e. The van der Waals surface area contributed by atoms with Gasteiger partial charge in [0.05, 0.1) is 11.9 Å². The van der Waals surface area contributed by atoms with E-state index in [4.69, 9.17) is 0 Å². The molecule has 2 aromatic rings. The first-order valence-corrected chi connectivity index (χ1v) is 6.96. The molecule has 2 aromatic heterocycles. The molecule has 6 heteroatoms. The van der Waals surface area contributed by atoms with E-state index in [0.717, 1.165) is 47.6 Å². The highest BCUT2D eigenvalue weighted by Crippen LogP contribution is 2.20. The molecule has 0 aromatic carbocycles. The van der Waals surface area contributed by atoms with E-state index < -0.39 is 0 Å². The van der Waals surface area contributed by atoms with Crippen LogP contribution in [0.25, 0.3) is 11.4 Å². The third-order valence-corrected chi connectivity index (χ3v) is 2.94. The molecule has 0 aliphatic rings. The molecule has 0 fully saturated rings. The second-order valence-corrected chi connectivity index (χ2v) is 4.90. The maximum atomic E-state index is 4.57. The molecule has 0 saturated carbocycles. The molecule has 0 amide bonds. The lowest BCUT2D eigenvalue weighted by atomic mass is 10.2. The van der Waals surface area contributed by atoms with Gasteiger partial charge >= 0.3 is 0 Å². The third-order valence-electron chi connectivity index (χ3n) is 2.53. The summed E-state index contributed by atoms with van der Waals surface area (Å²) in [7, 11) is 0. The minimum Gasteiger partial charge on any atom is -0.243 e. The number of hydrogen-bond donors (Lipinski definition) is 0. The summed E-state index contributed by atoms with van der Waals surface area (Å²) in [5, 5.41) is 8.04. The van der Waals surface area contributed by atoms with E-state index in [1.165, 1.54) is 0 Å². The summed E-state index contributed by atoms with van der Waals surface area (Å²) < 4.78 is 2.69. The normalized spacial score (nSPS) is 10.8. The summed E-state index contributed by atoms with van der Waals surface area (Å²) in [6, 6.07) is 1.91. The van der Waals surface area contributed by atoms with Gasteiger partial charge in [-0.15, -0.1) is 5.10 Å². The van der Waals surface area contributed by atoms with Gasteiger partial charge in [-0.3, -0.25) is 0 Å². The number of hydrogen-bond acceptors (Lipinski definition) is 4. The lowest BCUT2D eigenvalue weighted by Gasteiger charge is -2.06. The quantitative estimate of drug-likeness (QED) is 0.797. The molecule has 0 aliphatic carbocycles. The fraction of sp³-hybridized carbons (Fsp3) is 0.500. The van der Waals surface area contributed by atoms with Crippen LogP contribution >= 0.6 is 15.9 Å². The number of aryl methyl sites for hydroxylation is 2. The first-order valence-electron chi connectivity index (χ1n) is 6.17. The Kier molecular flexibility index (Phi) is 4.41. The first-order chi connectivity index (χ1) is 8.74. The molecule has 0 unspecified atom stereocenters. The minimum atomic E-state index is 0.806. The molecule has 2 rings (SSSR count). The van der Waals surface area contributed by atoms with Crippen molar-refractivity contribution in [1.82, 2.24) is 25.0 Å². The van der Waals surface area contributed by atoms with Gasteiger partial charge < -0.3 is 0 Å². The van der Waals surface area contributed by atoms with Crippen LogP contribution in [0.15, 0.2) is 16.9 Å². The van der Waals surface area contributed by atoms with Gasteiger partial charge in [0.1, 0.15) is 16.1 Å². The molecule has 0 saturated heterocycles. The zero-order chi connectivity index (χ0) is 13.0. The molecule has 0 bridgehead atoms. The van der Waals surface area contributed by atoms with Crippen LogP contribution in [0.2, 0.25) is 0 Å². The van der Waals surface area contributed by atoms with Gasteiger partial charge in [0.25, 0.3) is 0 Å². The SMILES string of the molecule is CCCc1nc(Br)cc(-c2cnnn2CCC)n1. The predicted octanol–water partition coefficient (Wildman–Crippen LogP) is 2.86. The maximum Gasteiger partial charge on any atom is 0.130 e. The number of nitrogens with zero attached hydrogens (tertiary/aromatic N) is 5. The molecule has 0 spiro atoms. The van der Waals surface area contributed by atoms with Crippen LogP contribution in [0.3, 0.4) is 0 Å². The molecule has 0 N–H and O–H groups in total. The molecule has 2 heterocycles. The van der Waals surface area contributed by atoms with Gasteiger partial charge in [-0.1, -0.05) is 19.1 Å². The van der Waals surface area contributed by atoms with Gasteiger partial charge in [-0.2, -0.15) is 0 Å². The van der Waals surface area contributed by atoms with Crippen LogP contribution < -0.4 is 0 Å². The van der Waals surface area contributed by atoms with Crippen LogP contribution in [-0.4, -0.2) is 25.0 Å². The summed E-state index contributed by atoms with van der Waals surface area (Å²) in [5.41, 5.74) is 1.82. The summed E-state index contributed by atoms with van der Waals surface area (Å²) in [6.45, 7) is 5.08. The topological polar surface area (TPSA) is 56.5 Å². The van der Waals surface area contributed by atoms with Gasteiger partial charge in [0, 0.05) is 13.0 Å². The highest BCUT2D eigenvalue weighted by molar-refractivity contribution is 9.10. The summed E-state index contributed by atoms with van der Waals surface area (Å²) >= 11 is 3.43. The van der Waals surface area contributed by atoms with Crippen molar-refractivity contribution in [3.05, 3.63) is 22.7 Å². The van der Waals surface area contributed by atoms with Gasteiger partial charge in [-0.05, 0) is 34.8 Å². The van der Waals surface area contributed by atoms with Gasteiger partial charge in [-0.25, -0.2) is 14.6 Å². The Bertz CT molecular complexity index is 523. The first kappa shape index (κ1) is 13.1. The van der Waals surface area contributed by atoms with Crippen molar-refractivity contribution >= 4 is 15.9 Å². The van der Waals surface area contributed by atoms with E-state index in [1.807, 2.05) is 10.7 Å². The Hall–Kier alpha value is -1.30. The van der Waals surface area contributed by atoms with Crippen LogP contribution in [0, 0.1) is 0 Å². The fourth-order valence-electron chi connectivity index (χ4n) is 1.76. The van der Waals surface area contributed by atoms with Crippen molar-refractivity contribution in [2.24, 2.45) is 0 Å². The molecule has 96 valence electrons. The Balaban J connectivity index is 2.39. The van der Waals surface area contributed by atoms with Crippen molar-refractivity contribution in [1.29, 1.82) is 0 Å². The van der Waals surface area contributed by atoms with E-state index in [1.54, 1.807) is 6.20 Å². The number of rotatable bonds is 5. The Morgan fingerprint density at radius 3 is 2.78 bits per heavy atom. The molecule has 0 aliphatic heterocycles. The summed E-state index contributed by atoms with van der Waals surface area (Å²) in [5.74, 6) is 0.853. The lowest BCUT2D eigenvalue weighted by Crippen LogP contribution is -2.04. The van der Waals surface area contributed by atoms with Crippen LogP contribution in [0.5, 0.6) is 0 Å². The zero-order valence-electron chi connectivity index (χ0n) is 10.6. The van der Waals surface area contributed by atoms with Crippen molar-refractivity contribution in [2.45, 2.75) is 39.7 Å². The van der Waals surface area contributed by atoms with Crippen LogP contribution in [0.4, 0.5) is 0 Å². The number of halogens is 1. The third kappa shape index (κ3) is 2.93. The van der Waals surface area contributed by atoms with E-state index in [2.05, 4.69) is 50.1 Å². The van der Waals surface area contributed by atoms with E-state index in [9.17, 15) is 0 Å². The Morgan fingerprint density at radius 2 is 2.06 bits per heavy atom. The highest BCUT2D eigenvalue weighted by Gasteiger charge is 2.10. The maximum absolute atomic E-state index is 4.57. The average molecular weight is 310 g/mol. The van der Waals surface area contributed by atoms with Crippen molar-refractivity contribution < 1.29 is 0 Å². The minimum absolute atomic E-state index is 0.806. The molecule has 18 heavy (non-hydrogen) atoms. The average Bonchev–Trinajstić information content (AvgIpc) is 2.77.